The van der Waals surface area contributed by atoms with E-state index < -0.39 is 6.29 Å². The fourth-order valence-corrected chi connectivity index (χ4v) is 4.11. The van der Waals surface area contributed by atoms with E-state index in [0.29, 0.717) is 5.75 Å². The lowest BCUT2D eigenvalue weighted by Gasteiger charge is -2.33. The van der Waals surface area contributed by atoms with Crippen molar-refractivity contribution in [2.24, 2.45) is 0 Å². The van der Waals surface area contributed by atoms with Crippen LogP contribution in [0.5, 0.6) is 5.75 Å². The van der Waals surface area contributed by atoms with Gasteiger partial charge in [0.2, 0.25) is 0 Å². The average Bonchev–Trinajstić information content (AvgIpc) is 2.50. The molecule has 0 radical (unpaired) electrons. The van der Waals surface area contributed by atoms with Crippen molar-refractivity contribution in [1.29, 1.82) is 0 Å². The molecule has 0 amide bonds. The van der Waals surface area contributed by atoms with E-state index in [2.05, 4.69) is 6.92 Å². The molecule has 2 unspecified atom stereocenters. The lowest BCUT2D eigenvalue weighted by Crippen LogP contribution is -2.27. The molecule has 134 valence electrons. The highest BCUT2D eigenvalue weighted by molar-refractivity contribution is 5.43. The summed E-state index contributed by atoms with van der Waals surface area (Å²) in [5, 5.41) is 10.6. The smallest absolute Gasteiger partial charge is 0.188 e. The van der Waals surface area contributed by atoms with Crippen molar-refractivity contribution >= 4 is 0 Å². The number of ether oxygens (including phenoxy) is 2. The molecule has 3 heteroatoms. The highest BCUT2D eigenvalue weighted by atomic mass is 16.7. The topological polar surface area (TPSA) is 38.7 Å². The zero-order chi connectivity index (χ0) is 16.9. The minimum Gasteiger partial charge on any atom is -0.507 e. The molecule has 3 nitrogen and oxygen atoms in total. The first-order chi connectivity index (χ1) is 11.6. The number of aromatic hydroxyl groups is 1. The van der Waals surface area contributed by atoms with Gasteiger partial charge in [0.1, 0.15) is 5.75 Å². The number of aryl methyl sites for hydroxylation is 2. The second-order valence-electron chi connectivity index (χ2n) is 7.64. The molecule has 2 aliphatic heterocycles. The van der Waals surface area contributed by atoms with Gasteiger partial charge in [-0.25, -0.2) is 0 Å². The van der Waals surface area contributed by atoms with Crippen LogP contribution < -0.4 is 0 Å². The Kier molecular flexibility index (Phi) is 6.18. The number of phenolic OH excluding ortho intramolecular Hbond substituents is 1. The lowest BCUT2D eigenvalue weighted by molar-refractivity contribution is -0.215. The van der Waals surface area contributed by atoms with Crippen molar-refractivity contribution in [3.63, 3.8) is 0 Å². The SMILES string of the molecule is Cc1cc(C)c(O)c(C2OC3CCCCCCCC(CCC3)O2)c1. The number of benzene rings is 1. The van der Waals surface area contributed by atoms with Crippen LogP contribution in [-0.2, 0) is 9.47 Å². The third-order valence-corrected chi connectivity index (χ3v) is 5.46. The van der Waals surface area contributed by atoms with Crippen molar-refractivity contribution in [2.45, 2.75) is 96.6 Å². The van der Waals surface area contributed by atoms with Gasteiger partial charge in [-0.2, -0.15) is 0 Å². The monoisotopic (exact) mass is 332 g/mol. The Hall–Kier alpha value is -1.06. The molecule has 2 bridgehead atoms. The summed E-state index contributed by atoms with van der Waals surface area (Å²) < 4.78 is 12.8. The van der Waals surface area contributed by atoms with E-state index in [-0.39, 0.29) is 12.2 Å². The third kappa shape index (κ3) is 4.52. The van der Waals surface area contributed by atoms with Crippen molar-refractivity contribution in [3.05, 3.63) is 28.8 Å². The van der Waals surface area contributed by atoms with Crippen molar-refractivity contribution in [1.82, 2.24) is 0 Å². The Labute approximate surface area is 146 Å². The van der Waals surface area contributed by atoms with E-state index in [1.807, 2.05) is 19.1 Å². The fourth-order valence-electron chi connectivity index (χ4n) is 4.11. The van der Waals surface area contributed by atoms with E-state index in [0.717, 1.165) is 42.4 Å². The molecule has 2 heterocycles. The van der Waals surface area contributed by atoms with Crippen LogP contribution in [0.25, 0.3) is 0 Å². The average molecular weight is 332 g/mol. The molecule has 2 atom stereocenters. The predicted octanol–water partition coefficient (Wildman–Crippen LogP) is 5.71. The summed E-state index contributed by atoms with van der Waals surface area (Å²) in [6.07, 6.45) is 12.1. The first-order valence-electron chi connectivity index (χ1n) is 9.74. The van der Waals surface area contributed by atoms with Gasteiger partial charge in [-0.3, -0.25) is 0 Å². The zero-order valence-electron chi connectivity index (χ0n) is 15.2. The molecule has 1 saturated carbocycles. The second-order valence-corrected chi connectivity index (χ2v) is 7.64. The van der Waals surface area contributed by atoms with Gasteiger partial charge in [-0.15, -0.1) is 0 Å². The van der Waals surface area contributed by atoms with Crippen LogP contribution in [0.15, 0.2) is 12.1 Å². The molecule has 1 aromatic rings. The third-order valence-electron chi connectivity index (χ3n) is 5.46. The van der Waals surface area contributed by atoms with E-state index in [1.165, 1.54) is 38.5 Å². The summed E-state index contributed by atoms with van der Waals surface area (Å²) in [5.41, 5.74) is 2.85. The van der Waals surface area contributed by atoms with Crippen molar-refractivity contribution in [2.75, 3.05) is 0 Å². The van der Waals surface area contributed by atoms with E-state index in [9.17, 15) is 5.11 Å². The summed E-state index contributed by atoms with van der Waals surface area (Å²) in [5.74, 6) is 0.329. The summed E-state index contributed by atoms with van der Waals surface area (Å²) in [7, 11) is 0. The number of phenols is 1. The van der Waals surface area contributed by atoms with E-state index >= 15 is 0 Å². The second kappa shape index (κ2) is 8.35. The standard InChI is InChI=1S/C21H32O3/c1-15-13-16(2)20(22)19(14-15)21-23-17-9-6-4-3-5-7-10-18(24-21)12-8-11-17/h13-14,17-18,21-22H,3-12H2,1-2H3. The molecule has 2 saturated heterocycles. The summed E-state index contributed by atoms with van der Waals surface area (Å²) in [6.45, 7) is 4.01. The van der Waals surface area contributed by atoms with Crippen molar-refractivity contribution in [3.8, 4) is 5.75 Å². The minimum absolute atomic E-state index is 0.246. The van der Waals surface area contributed by atoms with Crippen LogP contribution in [0.4, 0.5) is 0 Å². The first-order valence-corrected chi connectivity index (χ1v) is 9.74. The predicted molar refractivity (Wildman–Crippen MR) is 96.2 cm³/mol. The highest BCUT2D eigenvalue weighted by Gasteiger charge is 2.28. The lowest BCUT2D eigenvalue weighted by atomic mass is 9.96. The van der Waals surface area contributed by atoms with Crippen LogP contribution in [0, 0.1) is 13.8 Å². The molecule has 0 spiro atoms. The normalized spacial score (nSPS) is 29.5. The van der Waals surface area contributed by atoms with Crippen LogP contribution in [0.1, 0.15) is 87.2 Å². The molecule has 1 N–H and O–H groups in total. The Bertz CT molecular complexity index is 518. The minimum atomic E-state index is -0.432. The Balaban J connectivity index is 1.87. The van der Waals surface area contributed by atoms with E-state index in [1.54, 1.807) is 0 Å². The Morgan fingerprint density at radius 2 is 1.33 bits per heavy atom. The molecule has 0 aromatic heterocycles. The van der Waals surface area contributed by atoms with Gasteiger partial charge < -0.3 is 14.6 Å². The number of fused-ring (bicyclic) bond motifs is 10. The number of hydrogen-bond donors (Lipinski definition) is 1. The molecular formula is C21H32O3. The molecule has 3 aliphatic rings. The number of rotatable bonds is 1. The maximum atomic E-state index is 10.6. The quantitative estimate of drug-likeness (QED) is 0.716. The Morgan fingerprint density at radius 1 is 0.792 bits per heavy atom. The van der Waals surface area contributed by atoms with Gasteiger partial charge in [0.15, 0.2) is 6.29 Å². The van der Waals surface area contributed by atoms with Gasteiger partial charge in [0.05, 0.1) is 17.8 Å². The maximum absolute atomic E-state index is 10.6. The van der Waals surface area contributed by atoms with Gasteiger partial charge in [0, 0.05) is 0 Å². The maximum Gasteiger partial charge on any atom is 0.188 e. The summed E-state index contributed by atoms with van der Waals surface area (Å²) in [6, 6.07) is 4.03. The van der Waals surface area contributed by atoms with Crippen LogP contribution >= 0.6 is 0 Å². The van der Waals surface area contributed by atoms with Gasteiger partial charge in [-0.05, 0) is 57.6 Å². The Morgan fingerprint density at radius 3 is 1.96 bits per heavy atom. The molecule has 24 heavy (non-hydrogen) atoms. The first kappa shape index (κ1) is 17.8. The fraction of sp³-hybridized carbons (Fsp3) is 0.714. The largest absolute Gasteiger partial charge is 0.507 e. The molecular weight excluding hydrogens is 300 g/mol. The molecule has 4 rings (SSSR count). The highest BCUT2D eigenvalue weighted by Crippen LogP contribution is 2.37. The number of hydrogen-bond acceptors (Lipinski definition) is 3. The molecule has 3 fully saturated rings. The van der Waals surface area contributed by atoms with Crippen LogP contribution in [0.2, 0.25) is 0 Å². The zero-order valence-corrected chi connectivity index (χ0v) is 15.2. The summed E-state index contributed by atoms with van der Waals surface area (Å²) in [4.78, 5) is 0. The van der Waals surface area contributed by atoms with Crippen molar-refractivity contribution < 1.29 is 14.6 Å². The molecule has 1 aliphatic carbocycles. The van der Waals surface area contributed by atoms with Gasteiger partial charge in [-0.1, -0.05) is 43.7 Å². The van der Waals surface area contributed by atoms with Crippen LogP contribution in [0.3, 0.4) is 0 Å². The van der Waals surface area contributed by atoms with Crippen LogP contribution in [-0.4, -0.2) is 17.3 Å². The molecule has 1 aromatic carbocycles. The summed E-state index contributed by atoms with van der Waals surface area (Å²) >= 11 is 0. The van der Waals surface area contributed by atoms with Gasteiger partial charge >= 0.3 is 0 Å². The van der Waals surface area contributed by atoms with E-state index in [4.69, 9.17) is 9.47 Å². The van der Waals surface area contributed by atoms with Gasteiger partial charge in [0.25, 0.3) is 0 Å².